The van der Waals surface area contributed by atoms with Gasteiger partial charge in [0, 0.05) is 22.7 Å². The molecule has 3 aromatic rings. The average Bonchev–Trinajstić information content (AvgIpc) is 3.07. The van der Waals surface area contributed by atoms with E-state index in [9.17, 15) is 4.79 Å². The van der Waals surface area contributed by atoms with E-state index < -0.39 is 0 Å². The molecule has 0 unspecified atom stereocenters. The fourth-order valence-electron chi connectivity index (χ4n) is 3.94. The lowest BCUT2D eigenvalue weighted by molar-refractivity contribution is -0.133. The number of amides is 1. The van der Waals surface area contributed by atoms with Crippen LogP contribution in [0.2, 0.25) is 5.02 Å². The highest BCUT2D eigenvalue weighted by atomic mass is 35.5. The molecule has 1 amide bonds. The quantitative estimate of drug-likeness (QED) is 0.652. The Balaban J connectivity index is 1.87. The molecule has 158 valence electrons. The molecule has 2 atom stereocenters. The van der Waals surface area contributed by atoms with Crippen molar-refractivity contribution in [1.82, 2.24) is 25.1 Å². The molecule has 9 nitrogen and oxygen atoms in total. The monoisotopic (exact) mass is 430 g/mol. The van der Waals surface area contributed by atoms with Crippen LogP contribution in [0.5, 0.6) is 5.75 Å². The van der Waals surface area contributed by atoms with Gasteiger partial charge < -0.3 is 20.5 Å². The second kappa shape index (κ2) is 7.73. The number of fused-ring (bicyclic) bond motifs is 1. The zero-order chi connectivity index (χ0) is 21.6. The van der Waals surface area contributed by atoms with E-state index in [1.807, 2.05) is 26.8 Å². The minimum absolute atomic E-state index is 0.0101. The standard InChI is InChI=1S/C20H23ClN6O3/c1-9-13(21)5-12(18(29-4)16(9)14-6-23-15(28)7-30-14)11(3)27-20-17(10(2)26-27)19(22)24-8-25-20/h5,8,11,14H,6-7H2,1-4H3,(H,23,28)(H2,22,24,25)/t11-,14+/m0/s1. The topological polar surface area (TPSA) is 117 Å². The molecule has 0 radical (unpaired) electrons. The van der Waals surface area contributed by atoms with Crippen LogP contribution in [-0.4, -0.2) is 45.9 Å². The zero-order valence-electron chi connectivity index (χ0n) is 17.2. The van der Waals surface area contributed by atoms with Crippen molar-refractivity contribution in [2.45, 2.75) is 32.9 Å². The first kappa shape index (κ1) is 20.4. The van der Waals surface area contributed by atoms with Gasteiger partial charge in [0.2, 0.25) is 5.91 Å². The molecule has 0 saturated carbocycles. The Morgan fingerprint density at radius 2 is 2.17 bits per heavy atom. The van der Waals surface area contributed by atoms with Crippen LogP contribution in [0.25, 0.3) is 11.0 Å². The van der Waals surface area contributed by atoms with E-state index in [-0.39, 0.29) is 24.7 Å². The van der Waals surface area contributed by atoms with Crippen LogP contribution in [0.1, 0.15) is 41.5 Å². The van der Waals surface area contributed by atoms with E-state index >= 15 is 0 Å². The molecule has 1 saturated heterocycles. The van der Waals surface area contributed by atoms with Crippen LogP contribution in [0, 0.1) is 13.8 Å². The minimum atomic E-state index is -0.364. The number of nitrogen functional groups attached to an aromatic ring is 1. The van der Waals surface area contributed by atoms with Crippen LogP contribution in [0.4, 0.5) is 5.82 Å². The molecule has 0 aliphatic carbocycles. The largest absolute Gasteiger partial charge is 0.496 e. The Bertz CT molecular complexity index is 1140. The number of anilines is 1. The number of hydrogen-bond donors (Lipinski definition) is 2. The van der Waals surface area contributed by atoms with Crippen molar-refractivity contribution in [3.8, 4) is 5.75 Å². The van der Waals surface area contributed by atoms with E-state index in [0.717, 1.165) is 27.8 Å². The summed E-state index contributed by atoms with van der Waals surface area (Å²) in [4.78, 5) is 20.0. The summed E-state index contributed by atoms with van der Waals surface area (Å²) >= 11 is 6.60. The molecule has 1 aliphatic heterocycles. The number of halogens is 1. The molecule has 3 heterocycles. The second-order valence-electron chi connectivity index (χ2n) is 7.29. The third-order valence-electron chi connectivity index (χ3n) is 5.49. The number of aromatic nitrogens is 4. The van der Waals surface area contributed by atoms with Gasteiger partial charge in [-0.05, 0) is 32.4 Å². The van der Waals surface area contributed by atoms with Gasteiger partial charge in [-0.3, -0.25) is 4.79 Å². The molecular formula is C20H23ClN6O3. The van der Waals surface area contributed by atoms with E-state index in [4.69, 9.17) is 26.8 Å². The summed E-state index contributed by atoms with van der Waals surface area (Å²) in [6, 6.07) is 1.61. The Morgan fingerprint density at radius 1 is 1.40 bits per heavy atom. The maximum atomic E-state index is 11.5. The minimum Gasteiger partial charge on any atom is -0.496 e. The summed E-state index contributed by atoms with van der Waals surface area (Å²) in [7, 11) is 1.61. The first-order valence-corrected chi connectivity index (χ1v) is 9.91. The predicted octanol–water partition coefficient (Wildman–Crippen LogP) is 2.48. The third-order valence-corrected chi connectivity index (χ3v) is 5.88. The molecule has 1 aromatic carbocycles. The molecular weight excluding hydrogens is 408 g/mol. The van der Waals surface area contributed by atoms with Gasteiger partial charge in [-0.1, -0.05) is 11.6 Å². The average molecular weight is 431 g/mol. The van der Waals surface area contributed by atoms with Crippen molar-refractivity contribution in [2.75, 3.05) is 26.0 Å². The summed E-state index contributed by atoms with van der Waals surface area (Å²) < 4.78 is 13.4. The van der Waals surface area contributed by atoms with Crippen LogP contribution >= 0.6 is 11.6 Å². The van der Waals surface area contributed by atoms with Gasteiger partial charge in [0.25, 0.3) is 0 Å². The molecule has 0 spiro atoms. The summed E-state index contributed by atoms with van der Waals surface area (Å²) in [6.45, 7) is 6.10. The number of rotatable bonds is 4. The van der Waals surface area contributed by atoms with Gasteiger partial charge >= 0.3 is 0 Å². The number of carbonyl (C=O) groups is 1. The Kier molecular flexibility index (Phi) is 5.25. The van der Waals surface area contributed by atoms with Gasteiger partial charge in [0.1, 0.15) is 30.6 Å². The fraction of sp³-hybridized carbons (Fsp3) is 0.400. The second-order valence-corrected chi connectivity index (χ2v) is 7.69. The lowest BCUT2D eigenvalue weighted by Crippen LogP contribution is -2.39. The highest BCUT2D eigenvalue weighted by molar-refractivity contribution is 6.31. The zero-order valence-corrected chi connectivity index (χ0v) is 17.9. The number of nitrogens with one attached hydrogen (secondary N) is 1. The van der Waals surface area contributed by atoms with E-state index in [1.54, 1.807) is 11.8 Å². The van der Waals surface area contributed by atoms with Gasteiger partial charge in [-0.25, -0.2) is 14.6 Å². The Labute approximate surface area is 178 Å². The van der Waals surface area contributed by atoms with Crippen LogP contribution in [0.3, 0.4) is 0 Å². The van der Waals surface area contributed by atoms with E-state index in [2.05, 4.69) is 20.4 Å². The number of nitrogens with two attached hydrogens (primary N) is 1. The summed E-state index contributed by atoms with van der Waals surface area (Å²) in [5, 5.41) is 8.79. The first-order chi connectivity index (χ1) is 14.3. The molecule has 10 heteroatoms. The van der Waals surface area contributed by atoms with Crippen LogP contribution < -0.4 is 15.8 Å². The predicted molar refractivity (Wildman–Crippen MR) is 113 cm³/mol. The number of aryl methyl sites for hydroxylation is 1. The molecule has 0 bridgehead atoms. The van der Waals surface area contributed by atoms with Crippen molar-refractivity contribution < 1.29 is 14.3 Å². The lowest BCUT2D eigenvalue weighted by atomic mass is 9.94. The first-order valence-electron chi connectivity index (χ1n) is 9.53. The van der Waals surface area contributed by atoms with Gasteiger partial charge in [-0.15, -0.1) is 0 Å². The van der Waals surface area contributed by atoms with Crippen LogP contribution in [0.15, 0.2) is 12.4 Å². The fourth-order valence-corrected chi connectivity index (χ4v) is 4.16. The van der Waals surface area contributed by atoms with Crippen molar-refractivity contribution >= 4 is 34.4 Å². The normalized spacial score (nSPS) is 17.8. The summed E-state index contributed by atoms with van der Waals surface area (Å²) in [5.74, 6) is 0.889. The van der Waals surface area contributed by atoms with Gasteiger partial charge in [-0.2, -0.15) is 5.10 Å². The summed E-state index contributed by atoms with van der Waals surface area (Å²) in [6.07, 6.45) is 1.06. The van der Waals surface area contributed by atoms with E-state index in [0.29, 0.717) is 28.8 Å². The highest BCUT2D eigenvalue weighted by Crippen LogP contribution is 2.42. The lowest BCUT2D eigenvalue weighted by Gasteiger charge is -2.29. The van der Waals surface area contributed by atoms with Gasteiger partial charge in [0.15, 0.2) is 5.65 Å². The molecule has 1 fully saturated rings. The maximum Gasteiger partial charge on any atom is 0.246 e. The van der Waals surface area contributed by atoms with Crippen molar-refractivity contribution in [2.24, 2.45) is 0 Å². The van der Waals surface area contributed by atoms with Crippen molar-refractivity contribution in [3.63, 3.8) is 0 Å². The van der Waals surface area contributed by atoms with Crippen molar-refractivity contribution in [3.05, 3.63) is 39.8 Å². The third kappa shape index (κ3) is 3.23. The molecule has 3 N–H and O–H groups in total. The number of methoxy groups -OCH3 is 1. The highest BCUT2D eigenvalue weighted by Gasteiger charge is 2.30. The Morgan fingerprint density at radius 3 is 2.83 bits per heavy atom. The number of nitrogens with zero attached hydrogens (tertiary/aromatic N) is 4. The number of benzene rings is 1. The summed E-state index contributed by atoms with van der Waals surface area (Å²) in [5.41, 5.74) is 9.90. The van der Waals surface area contributed by atoms with Gasteiger partial charge in [0.05, 0.1) is 24.2 Å². The molecule has 30 heavy (non-hydrogen) atoms. The van der Waals surface area contributed by atoms with Crippen molar-refractivity contribution in [1.29, 1.82) is 0 Å². The van der Waals surface area contributed by atoms with Crippen LogP contribution in [-0.2, 0) is 9.53 Å². The number of hydrogen-bond acceptors (Lipinski definition) is 7. The Hall–Kier alpha value is -2.91. The molecule has 2 aromatic heterocycles. The van der Waals surface area contributed by atoms with E-state index in [1.165, 1.54) is 6.33 Å². The number of morpholine rings is 1. The maximum absolute atomic E-state index is 11.5. The molecule has 4 rings (SSSR count). The number of carbonyl (C=O) groups excluding carboxylic acids is 1. The SMILES string of the molecule is COc1c([C@H](C)n2nc(C)c3c(N)ncnc32)cc(Cl)c(C)c1[C@H]1CNC(=O)CO1. The number of ether oxygens (including phenoxy) is 2. The smallest absolute Gasteiger partial charge is 0.246 e. The molecule has 1 aliphatic rings.